The zero-order valence-electron chi connectivity index (χ0n) is 10.2. The fourth-order valence-electron chi connectivity index (χ4n) is 1.82. The Morgan fingerprint density at radius 2 is 2.28 bits per heavy atom. The second kappa shape index (κ2) is 4.04. The first-order valence-corrected chi connectivity index (χ1v) is 5.85. The van der Waals surface area contributed by atoms with E-state index in [1.54, 1.807) is 30.9 Å². The number of allylic oxidation sites excluding steroid dienone is 1. The zero-order valence-corrected chi connectivity index (χ0v) is 10.2. The van der Waals surface area contributed by atoms with Gasteiger partial charge in [-0.1, -0.05) is 5.16 Å². The van der Waals surface area contributed by atoms with Gasteiger partial charge in [0, 0.05) is 13.2 Å². The lowest BCUT2D eigenvalue weighted by molar-refractivity contribution is 0.397. The third-order valence-electron chi connectivity index (χ3n) is 3.09. The summed E-state index contributed by atoms with van der Waals surface area (Å²) in [5.41, 5.74) is 1.27. The minimum absolute atomic E-state index is 0.0555. The predicted molar refractivity (Wildman–Crippen MR) is 62.9 cm³/mol. The van der Waals surface area contributed by atoms with E-state index < -0.39 is 5.83 Å². The molecule has 0 bridgehead atoms. The Labute approximate surface area is 103 Å². The smallest absolute Gasteiger partial charge is 0.286 e. The Hall–Kier alpha value is -1.98. The molecule has 94 valence electrons. The molecule has 0 aliphatic heterocycles. The van der Waals surface area contributed by atoms with Gasteiger partial charge in [0.25, 0.3) is 5.89 Å². The summed E-state index contributed by atoms with van der Waals surface area (Å²) in [6, 6.07) is 1.75. The van der Waals surface area contributed by atoms with Crippen molar-refractivity contribution in [3.05, 3.63) is 23.7 Å². The SMILES string of the molecule is CC(=C(F)c1nc(-c2ccn(C)n2)no1)C1CC1. The monoisotopic (exact) mass is 248 g/mol. The Balaban J connectivity index is 1.91. The Kier molecular flexibility index (Phi) is 2.50. The first-order valence-electron chi connectivity index (χ1n) is 5.85. The molecule has 2 aromatic heterocycles. The highest BCUT2D eigenvalue weighted by molar-refractivity contribution is 5.58. The normalized spacial score (nSPS) is 16.8. The molecule has 1 aliphatic carbocycles. The topological polar surface area (TPSA) is 56.7 Å². The van der Waals surface area contributed by atoms with Crippen molar-refractivity contribution in [3.8, 4) is 11.5 Å². The summed E-state index contributed by atoms with van der Waals surface area (Å²) in [5, 5.41) is 7.89. The number of aryl methyl sites for hydroxylation is 1. The van der Waals surface area contributed by atoms with E-state index in [-0.39, 0.29) is 5.89 Å². The highest BCUT2D eigenvalue weighted by atomic mass is 19.1. The van der Waals surface area contributed by atoms with Crippen LogP contribution >= 0.6 is 0 Å². The average molecular weight is 248 g/mol. The van der Waals surface area contributed by atoms with Gasteiger partial charge in [0.15, 0.2) is 5.83 Å². The van der Waals surface area contributed by atoms with Gasteiger partial charge in [-0.2, -0.15) is 10.1 Å². The number of nitrogens with zero attached hydrogens (tertiary/aromatic N) is 4. The molecule has 0 aromatic carbocycles. The van der Waals surface area contributed by atoms with Crippen LogP contribution in [0.2, 0.25) is 0 Å². The number of hydrogen-bond acceptors (Lipinski definition) is 4. The van der Waals surface area contributed by atoms with Crippen LogP contribution in [0.4, 0.5) is 4.39 Å². The summed E-state index contributed by atoms with van der Waals surface area (Å²) in [4.78, 5) is 4.04. The van der Waals surface area contributed by atoms with Crippen LogP contribution < -0.4 is 0 Å². The molecular weight excluding hydrogens is 235 g/mol. The second-order valence-corrected chi connectivity index (χ2v) is 4.57. The summed E-state index contributed by atoms with van der Waals surface area (Å²) in [7, 11) is 1.79. The first kappa shape index (κ1) is 11.1. The molecule has 6 heteroatoms. The standard InChI is InChI=1S/C12H13FN4O/c1-7(8-3-4-8)10(13)12-14-11(16-18-12)9-5-6-17(2)15-9/h5-6,8H,3-4H2,1-2H3. The van der Waals surface area contributed by atoms with E-state index in [0.717, 1.165) is 12.8 Å². The fourth-order valence-corrected chi connectivity index (χ4v) is 1.82. The summed E-state index contributed by atoms with van der Waals surface area (Å²) in [6.45, 7) is 1.78. The number of rotatable bonds is 3. The predicted octanol–water partition coefficient (Wildman–Crippen LogP) is 2.58. The van der Waals surface area contributed by atoms with Crippen molar-refractivity contribution in [2.45, 2.75) is 19.8 Å². The van der Waals surface area contributed by atoms with Crippen LogP contribution in [-0.2, 0) is 7.05 Å². The molecule has 18 heavy (non-hydrogen) atoms. The van der Waals surface area contributed by atoms with Crippen molar-refractivity contribution in [1.29, 1.82) is 0 Å². The van der Waals surface area contributed by atoms with E-state index in [1.807, 2.05) is 0 Å². The van der Waals surface area contributed by atoms with Crippen molar-refractivity contribution < 1.29 is 8.91 Å². The zero-order chi connectivity index (χ0) is 12.7. The molecule has 0 unspecified atom stereocenters. The van der Waals surface area contributed by atoms with E-state index in [2.05, 4.69) is 15.2 Å². The van der Waals surface area contributed by atoms with E-state index in [4.69, 9.17) is 4.52 Å². The van der Waals surface area contributed by atoms with Gasteiger partial charge < -0.3 is 4.52 Å². The third kappa shape index (κ3) is 1.94. The van der Waals surface area contributed by atoms with Crippen molar-refractivity contribution in [2.24, 2.45) is 13.0 Å². The van der Waals surface area contributed by atoms with Crippen LogP contribution in [0.15, 0.2) is 22.4 Å². The molecular formula is C12H13FN4O. The van der Waals surface area contributed by atoms with Gasteiger partial charge >= 0.3 is 0 Å². The van der Waals surface area contributed by atoms with Crippen LogP contribution in [-0.4, -0.2) is 19.9 Å². The molecule has 2 heterocycles. The largest absolute Gasteiger partial charge is 0.331 e. The number of halogens is 1. The quantitative estimate of drug-likeness (QED) is 0.837. The van der Waals surface area contributed by atoms with Crippen LogP contribution in [0.3, 0.4) is 0 Å². The van der Waals surface area contributed by atoms with Gasteiger partial charge in [-0.05, 0) is 37.3 Å². The van der Waals surface area contributed by atoms with Gasteiger partial charge in [-0.3, -0.25) is 4.68 Å². The maximum absolute atomic E-state index is 14.0. The van der Waals surface area contributed by atoms with Gasteiger partial charge in [0.2, 0.25) is 5.82 Å². The van der Waals surface area contributed by atoms with E-state index >= 15 is 0 Å². The molecule has 1 aliphatic rings. The lowest BCUT2D eigenvalue weighted by Crippen LogP contribution is -1.89. The fraction of sp³-hybridized carbons (Fsp3) is 0.417. The summed E-state index contributed by atoms with van der Waals surface area (Å²) < 4.78 is 20.6. The van der Waals surface area contributed by atoms with Crippen LogP contribution in [0, 0.1) is 5.92 Å². The molecule has 0 saturated heterocycles. The maximum atomic E-state index is 14.0. The lowest BCUT2D eigenvalue weighted by Gasteiger charge is -1.96. The minimum Gasteiger partial charge on any atom is -0.331 e. The number of hydrogen-bond donors (Lipinski definition) is 0. The molecule has 1 saturated carbocycles. The highest BCUT2D eigenvalue weighted by Crippen LogP contribution is 2.40. The minimum atomic E-state index is -0.396. The van der Waals surface area contributed by atoms with Crippen LogP contribution in [0.1, 0.15) is 25.7 Å². The second-order valence-electron chi connectivity index (χ2n) is 4.57. The molecule has 2 aromatic rings. The van der Waals surface area contributed by atoms with Crippen LogP contribution in [0.5, 0.6) is 0 Å². The summed E-state index contributed by atoms with van der Waals surface area (Å²) in [5.74, 6) is 0.201. The highest BCUT2D eigenvalue weighted by Gasteiger charge is 2.28. The molecule has 0 spiro atoms. The van der Waals surface area contributed by atoms with E-state index in [9.17, 15) is 4.39 Å². The molecule has 1 fully saturated rings. The van der Waals surface area contributed by atoms with Gasteiger partial charge in [-0.15, -0.1) is 0 Å². The van der Waals surface area contributed by atoms with Crippen molar-refractivity contribution in [1.82, 2.24) is 19.9 Å². The summed E-state index contributed by atoms with van der Waals surface area (Å²) in [6.07, 6.45) is 3.86. The molecule has 5 nitrogen and oxygen atoms in total. The maximum Gasteiger partial charge on any atom is 0.286 e. The van der Waals surface area contributed by atoms with E-state index in [0.29, 0.717) is 23.0 Å². The Morgan fingerprint density at radius 1 is 1.50 bits per heavy atom. The van der Waals surface area contributed by atoms with Gasteiger partial charge in [0.1, 0.15) is 5.69 Å². The van der Waals surface area contributed by atoms with Crippen molar-refractivity contribution in [2.75, 3.05) is 0 Å². The molecule has 0 radical (unpaired) electrons. The van der Waals surface area contributed by atoms with E-state index in [1.165, 1.54) is 0 Å². The Bertz CT molecular complexity index is 609. The molecule has 0 atom stereocenters. The molecule has 0 N–H and O–H groups in total. The van der Waals surface area contributed by atoms with Gasteiger partial charge in [-0.25, -0.2) is 4.39 Å². The Morgan fingerprint density at radius 3 is 2.89 bits per heavy atom. The van der Waals surface area contributed by atoms with Crippen molar-refractivity contribution >= 4 is 5.83 Å². The summed E-state index contributed by atoms with van der Waals surface area (Å²) >= 11 is 0. The third-order valence-corrected chi connectivity index (χ3v) is 3.09. The van der Waals surface area contributed by atoms with Gasteiger partial charge in [0.05, 0.1) is 0 Å². The first-order chi connectivity index (χ1) is 8.65. The average Bonchev–Trinajstić information content (AvgIpc) is 2.93. The molecule has 3 rings (SSSR count). The van der Waals surface area contributed by atoms with Crippen LogP contribution in [0.25, 0.3) is 17.3 Å². The number of aromatic nitrogens is 4. The van der Waals surface area contributed by atoms with Crippen molar-refractivity contribution in [3.63, 3.8) is 0 Å². The lowest BCUT2D eigenvalue weighted by atomic mass is 10.2. The molecule has 0 amide bonds.